The molecule has 0 rings (SSSR count). The molecule has 5 nitrogen and oxygen atoms in total. The topological polar surface area (TPSA) is 54.0 Å². The van der Waals surface area contributed by atoms with Gasteiger partial charge in [-0.05, 0) is 6.55 Å². The second-order valence-electron chi connectivity index (χ2n) is 4.44. The predicted octanol–water partition coefficient (Wildman–Crippen LogP) is -0.304. The van der Waals surface area contributed by atoms with Crippen molar-refractivity contribution in [2.45, 2.75) is 45.2 Å². The molecule has 0 radical (unpaired) electrons. The van der Waals surface area contributed by atoms with Crippen molar-refractivity contribution in [1.29, 1.82) is 0 Å². The highest BCUT2D eigenvalue weighted by molar-refractivity contribution is 6.71. The van der Waals surface area contributed by atoms with Crippen LogP contribution >= 0.6 is 0 Å². The lowest BCUT2D eigenvalue weighted by atomic mass is 10.2. The van der Waals surface area contributed by atoms with Gasteiger partial charge in [-0.15, -0.1) is 0 Å². The van der Waals surface area contributed by atoms with Gasteiger partial charge < -0.3 is 16.8 Å². The fraction of sp³-hybridized carbons (Fsp3) is 0.700. The molecule has 0 heterocycles. The molecule has 0 bridgehead atoms. The highest BCUT2D eigenvalue weighted by Gasteiger charge is 2.34. The molecule has 0 aliphatic heterocycles. The number of carbonyl (C=O) groups excluding carboxylic acids is 1. The largest absolute Gasteiger partial charge is 0.492 e. The van der Waals surface area contributed by atoms with Crippen molar-refractivity contribution in [1.82, 2.24) is 0 Å². The Bertz CT molecular complexity index is 252. The Hall–Kier alpha value is -0.0425. The van der Waals surface area contributed by atoms with Crippen LogP contribution in [-0.2, 0) is 21.6 Å². The van der Waals surface area contributed by atoms with E-state index in [2.05, 4.69) is 13.5 Å². The summed E-state index contributed by atoms with van der Waals surface area (Å²) in [7, 11) is -3.66. The third-order valence-electron chi connectivity index (χ3n) is 2.62. The lowest BCUT2D eigenvalue weighted by Gasteiger charge is -2.26. The summed E-state index contributed by atoms with van der Waals surface area (Å²) >= 11 is 0. The lowest BCUT2D eigenvalue weighted by molar-refractivity contribution is -0.130. The Morgan fingerprint density at radius 2 is 2.11 bits per heavy atom. The van der Waals surface area contributed by atoms with Crippen molar-refractivity contribution in [2.75, 3.05) is 0 Å². The Kier molecular flexibility index (Phi) is 11.7. The molecule has 0 amide bonds. The van der Waals surface area contributed by atoms with E-state index in [-0.39, 0.29) is 0 Å². The van der Waals surface area contributed by atoms with Crippen molar-refractivity contribution >= 4 is 45.0 Å². The molecule has 0 spiro atoms. The van der Waals surface area contributed by atoms with Crippen molar-refractivity contribution < 1.29 is 21.6 Å². The summed E-state index contributed by atoms with van der Waals surface area (Å²) in [5.74, 6) is -0.393. The normalized spacial score (nSPS) is 15.3. The van der Waals surface area contributed by atoms with Gasteiger partial charge in [0.25, 0.3) is 20.0 Å². The molecule has 1 atom stereocenters. The molecule has 0 aliphatic rings. The van der Waals surface area contributed by atoms with E-state index in [0.717, 1.165) is 18.9 Å². The van der Waals surface area contributed by atoms with Gasteiger partial charge in [-0.2, -0.15) is 0 Å². The number of hydrogen-bond acceptors (Lipinski definition) is 5. The first-order valence-electron chi connectivity index (χ1n) is 6.64. The van der Waals surface area contributed by atoms with E-state index in [1.807, 2.05) is 6.55 Å². The second-order valence-corrected chi connectivity index (χ2v) is 13.0. The van der Waals surface area contributed by atoms with Crippen LogP contribution in [0.15, 0.2) is 12.7 Å². The van der Waals surface area contributed by atoms with E-state index in [0.29, 0.717) is 10.5 Å². The zero-order valence-corrected chi connectivity index (χ0v) is 18.1. The third-order valence-corrected chi connectivity index (χ3v) is 9.70. The van der Waals surface area contributed by atoms with E-state index in [4.69, 9.17) is 16.8 Å². The Balaban J connectivity index is 4.18. The van der Waals surface area contributed by atoms with Gasteiger partial charge in [0.05, 0.1) is 0 Å². The van der Waals surface area contributed by atoms with Crippen molar-refractivity contribution in [3.63, 3.8) is 0 Å². The molecule has 0 aromatic heterocycles. The number of hydrogen-bond donors (Lipinski definition) is 0. The van der Waals surface area contributed by atoms with Crippen LogP contribution in [0.4, 0.5) is 0 Å². The second kappa shape index (κ2) is 11.8. The van der Waals surface area contributed by atoms with Gasteiger partial charge >= 0.3 is 14.5 Å². The summed E-state index contributed by atoms with van der Waals surface area (Å²) in [6, 6.07) is 0.826. The van der Waals surface area contributed by atoms with Crippen molar-refractivity contribution in [3.05, 3.63) is 12.7 Å². The van der Waals surface area contributed by atoms with Crippen LogP contribution in [-0.4, -0.2) is 45.0 Å². The summed E-state index contributed by atoms with van der Waals surface area (Å²) < 4.78 is 21.7. The molecule has 0 saturated heterocycles. The molecule has 19 heavy (non-hydrogen) atoms. The van der Waals surface area contributed by atoms with Crippen LogP contribution in [0.3, 0.4) is 0 Å². The summed E-state index contributed by atoms with van der Waals surface area (Å²) in [6.45, 7) is 7.53. The minimum absolute atomic E-state index is 0.393. The van der Waals surface area contributed by atoms with Gasteiger partial charge in [-0.25, -0.2) is 4.79 Å². The van der Waals surface area contributed by atoms with Gasteiger partial charge in [-0.3, -0.25) is 0 Å². The van der Waals surface area contributed by atoms with Gasteiger partial charge in [0, 0.05) is 12.1 Å². The summed E-state index contributed by atoms with van der Waals surface area (Å²) in [4.78, 5) is 11.4. The average molecular weight is 339 g/mol. The monoisotopic (exact) mass is 338 g/mol. The molecule has 0 fully saturated rings. The first kappa shape index (κ1) is 19.0. The Morgan fingerprint density at radius 1 is 1.37 bits per heavy atom. The van der Waals surface area contributed by atoms with Crippen LogP contribution < -0.4 is 0 Å². The molecule has 9 heteroatoms. The number of carbonyl (C=O) groups is 1. The maximum Gasteiger partial charge on any atom is 0.389 e. The zero-order valence-electron chi connectivity index (χ0n) is 12.3. The quantitative estimate of drug-likeness (QED) is 0.278. The van der Waals surface area contributed by atoms with Gasteiger partial charge in [0.2, 0.25) is 0 Å². The van der Waals surface area contributed by atoms with Crippen molar-refractivity contribution in [2.24, 2.45) is 0 Å². The highest BCUT2D eigenvalue weighted by Crippen LogP contribution is 2.18. The summed E-state index contributed by atoms with van der Waals surface area (Å²) in [5, 5.41) is 0. The van der Waals surface area contributed by atoms with Crippen LogP contribution in [0.5, 0.6) is 0 Å². The van der Waals surface area contributed by atoms with E-state index < -0.39 is 34.5 Å². The Morgan fingerprint density at radius 3 is 2.68 bits per heavy atom. The average Bonchev–Trinajstić information content (AvgIpc) is 2.40. The van der Waals surface area contributed by atoms with Crippen LogP contribution in [0.2, 0.25) is 12.6 Å². The smallest absolute Gasteiger partial charge is 0.389 e. The van der Waals surface area contributed by atoms with E-state index >= 15 is 0 Å². The first-order chi connectivity index (χ1) is 9.08. The van der Waals surface area contributed by atoms with Gasteiger partial charge in [0.1, 0.15) is 10.5 Å². The molecule has 0 N–H and O–H groups in total. The summed E-state index contributed by atoms with van der Waals surface area (Å²) in [6.07, 6.45) is 5.76. The van der Waals surface area contributed by atoms with Crippen LogP contribution in [0, 0.1) is 0 Å². The van der Waals surface area contributed by atoms with E-state index in [1.165, 1.54) is 18.9 Å². The standard InChI is InChI=1S/C10H26O5Si4/c1-4-6-7-8-9-19(3,12-10(11)5-2)15-18-14-17-13-16/h5H,2,4,6-9,17-18H2,1,3,16H3. The molecule has 0 aliphatic carbocycles. The fourth-order valence-electron chi connectivity index (χ4n) is 1.56. The minimum atomic E-state index is -2.44. The highest BCUT2D eigenvalue weighted by atomic mass is 28.4. The molecular formula is C10H26O5Si4. The molecule has 112 valence electrons. The van der Waals surface area contributed by atoms with Gasteiger partial charge in [0.15, 0.2) is 0 Å². The maximum absolute atomic E-state index is 11.4. The summed E-state index contributed by atoms with van der Waals surface area (Å²) in [5.41, 5.74) is 0. The fourth-order valence-corrected chi connectivity index (χ4v) is 8.40. The molecular weight excluding hydrogens is 312 g/mol. The van der Waals surface area contributed by atoms with E-state index in [9.17, 15) is 4.79 Å². The van der Waals surface area contributed by atoms with Crippen molar-refractivity contribution in [3.8, 4) is 0 Å². The van der Waals surface area contributed by atoms with Crippen LogP contribution in [0.25, 0.3) is 0 Å². The molecule has 0 aromatic rings. The first-order valence-corrected chi connectivity index (χ1v) is 12.3. The number of unbranched alkanes of at least 4 members (excludes halogenated alkanes) is 3. The zero-order chi connectivity index (χ0) is 14.6. The minimum Gasteiger partial charge on any atom is -0.492 e. The van der Waals surface area contributed by atoms with E-state index in [1.54, 1.807) is 0 Å². The maximum atomic E-state index is 11.4. The predicted molar refractivity (Wildman–Crippen MR) is 87.1 cm³/mol. The van der Waals surface area contributed by atoms with Gasteiger partial charge in [-0.1, -0.05) is 39.2 Å². The molecule has 0 aromatic carbocycles. The number of rotatable bonds is 12. The third kappa shape index (κ3) is 10.4. The molecule has 1 unspecified atom stereocenters. The SMILES string of the molecule is C=CC(=O)O[Si](C)(CCCCCC)O[SiH2]O[SiH2]O[SiH3]. The lowest BCUT2D eigenvalue weighted by Crippen LogP contribution is -2.42. The Labute approximate surface area is 125 Å². The molecule has 0 saturated carbocycles. The van der Waals surface area contributed by atoms with Crippen LogP contribution in [0.1, 0.15) is 32.6 Å².